The molecule has 2 amide bonds. The molecule has 0 spiro atoms. The summed E-state index contributed by atoms with van der Waals surface area (Å²) in [7, 11) is 0. The minimum atomic E-state index is -0.275. The van der Waals surface area contributed by atoms with Gasteiger partial charge in [-0.2, -0.15) is 0 Å². The molecule has 0 atom stereocenters. The molecule has 0 unspecified atom stereocenters. The van der Waals surface area contributed by atoms with E-state index in [0.29, 0.717) is 22.7 Å². The Morgan fingerprint density at radius 3 is 2.86 bits per heavy atom. The second-order valence-corrected chi connectivity index (χ2v) is 5.61. The van der Waals surface area contributed by atoms with Gasteiger partial charge in [0.2, 0.25) is 5.91 Å². The number of carbonyl (C=O) groups is 2. The standard InChI is InChI=1S/C15H13N3O2S/c16-11-4-2-1-3-10(11)15(20)17-9-5-6-13-12(7-9)18-14(19)8-21-13/h1-7H,8,16H2,(H,17,20)(H,18,19). The number of nitrogen functional groups attached to an aromatic ring is 1. The summed E-state index contributed by atoms with van der Waals surface area (Å²) in [5.41, 5.74) is 7.97. The zero-order valence-electron chi connectivity index (χ0n) is 11.1. The molecule has 0 saturated heterocycles. The van der Waals surface area contributed by atoms with E-state index in [-0.39, 0.29) is 11.8 Å². The van der Waals surface area contributed by atoms with Gasteiger partial charge in [0.25, 0.3) is 5.91 Å². The first-order valence-electron chi connectivity index (χ1n) is 6.36. The van der Waals surface area contributed by atoms with E-state index >= 15 is 0 Å². The molecule has 0 aliphatic carbocycles. The topological polar surface area (TPSA) is 84.2 Å². The van der Waals surface area contributed by atoms with Crippen LogP contribution in [0.4, 0.5) is 17.1 Å². The Hall–Kier alpha value is -2.47. The molecular formula is C15H13N3O2S. The Bertz CT molecular complexity index is 731. The summed E-state index contributed by atoms with van der Waals surface area (Å²) in [6.45, 7) is 0. The molecule has 0 fully saturated rings. The van der Waals surface area contributed by atoms with E-state index < -0.39 is 0 Å². The van der Waals surface area contributed by atoms with Crippen LogP contribution in [0.2, 0.25) is 0 Å². The summed E-state index contributed by atoms with van der Waals surface area (Å²) < 4.78 is 0. The lowest BCUT2D eigenvalue weighted by molar-refractivity contribution is -0.113. The van der Waals surface area contributed by atoms with Crippen LogP contribution in [0.25, 0.3) is 0 Å². The van der Waals surface area contributed by atoms with Crippen molar-refractivity contribution in [3.05, 3.63) is 48.0 Å². The molecule has 2 aromatic rings. The maximum Gasteiger partial charge on any atom is 0.257 e. The number of rotatable bonds is 2. The normalized spacial score (nSPS) is 13.2. The zero-order chi connectivity index (χ0) is 14.8. The van der Waals surface area contributed by atoms with E-state index in [4.69, 9.17) is 5.73 Å². The number of para-hydroxylation sites is 1. The van der Waals surface area contributed by atoms with Gasteiger partial charge in [-0.25, -0.2) is 0 Å². The lowest BCUT2D eigenvalue weighted by Gasteiger charge is -2.17. The van der Waals surface area contributed by atoms with Crippen molar-refractivity contribution < 1.29 is 9.59 Å². The molecule has 0 saturated carbocycles. The fraction of sp³-hybridized carbons (Fsp3) is 0.0667. The lowest BCUT2D eigenvalue weighted by Crippen LogP contribution is -2.19. The molecule has 5 nitrogen and oxygen atoms in total. The molecule has 4 N–H and O–H groups in total. The number of carbonyl (C=O) groups excluding carboxylic acids is 2. The van der Waals surface area contributed by atoms with Crippen molar-refractivity contribution in [1.29, 1.82) is 0 Å². The van der Waals surface area contributed by atoms with E-state index in [1.165, 1.54) is 11.8 Å². The first kappa shape index (κ1) is 13.5. The second-order valence-electron chi connectivity index (χ2n) is 4.59. The molecule has 6 heteroatoms. The highest BCUT2D eigenvalue weighted by atomic mass is 32.2. The largest absolute Gasteiger partial charge is 0.398 e. The Morgan fingerprint density at radius 2 is 2.05 bits per heavy atom. The van der Waals surface area contributed by atoms with Gasteiger partial charge in [0.05, 0.1) is 17.0 Å². The Balaban J connectivity index is 1.82. The maximum absolute atomic E-state index is 12.2. The van der Waals surface area contributed by atoms with Gasteiger partial charge < -0.3 is 16.4 Å². The van der Waals surface area contributed by atoms with Crippen LogP contribution in [-0.4, -0.2) is 17.6 Å². The van der Waals surface area contributed by atoms with Crippen LogP contribution in [0.1, 0.15) is 10.4 Å². The fourth-order valence-corrected chi connectivity index (χ4v) is 2.85. The minimum Gasteiger partial charge on any atom is -0.398 e. The van der Waals surface area contributed by atoms with E-state index in [1.807, 2.05) is 6.07 Å². The van der Waals surface area contributed by atoms with E-state index in [1.54, 1.807) is 36.4 Å². The van der Waals surface area contributed by atoms with Crippen LogP contribution < -0.4 is 16.4 Å². The van der Waals surface area contributed by atoms with Gasteiger partial charge >= 0.3 is 0 Å². The summed E-state index contributed by atoms with van der Waals surface area (Å²) in [4.78, 5) is 24.6. The Labute approximate surface area is 125 Å². The van der Waals surface area contributed by atoms with Gasteiger partial charge in [-0.3, -0.25) is 9.59 Å². The van der Waals surface area contributed by atoms with E-state index in [0.717, 1.165) is 10.6 Å². The highest BCUT2D eigenvalue weighted by molar-refractivity contribution is 8.00. The van der Waals surface area contributed by atoms with Crippen molar-refractivity contribution in [1.82, 2.24) is 0 Å². The average Bonchev–Trinajstić information content (AvgIpc) is 2.47. The first-order valence-corrected chi connectivity index (χ1v) is 7.34. The molecule has 0 radical (unpaired) electrons. The van der Waals surface area contributed by atoms with Crippen molar-refractivity contribution in [2.75, 3.05) is 22.1 Å². The van der Waals surface area contributed by atoms with Crippen LogP contribution in [-0.2, 0) is 4.79 Å². The molecule has 1 aliphatic rings. The summed E-state index contributed by atoms with van der Waals surface area (Å²) >= 11 is 1.48. The van der Waals surface area contributed by atoms with Gasteiger partial charge in [-0.15, -0.1) is 11.8 Å². The molecule has 2 aromatic carbocycles. The lowest BCUT2D eigenvalue weighted by atomic mass is 10.1. The molecule has 106 valence electrons. The van der Waals surface area contributed by atoms with Crippen molar-refractivity contribution >= 4 is 40.6 Å². The van der Waals surface area contributed by atoms with Gasteiger partial charge in [0.1, 0.15) is 0 Å². The smallest absolute Gasteiger partial charge is 0.257 e. The van der Waals surface area contributed by atoms with Gasteiger partial charge in [0.15, 0.2) is 0 Å². The maximum atomic E-state index is 12.2. The molecule has 3 rings (SSSR count). The number of anilines is 3. The zero-order valence-corrected chi connectivity index (χ0v) is 11.9. The molecule has 21 heavy (non-hydrogen) atoms. The van der Waals surface area contributed by atoms with Crippen LogP contribution >= 0.6 is 11.8 Å². The minimum absolute atomic E-state index is 0.0386. The third-order valence-corrected chi connectivity index (χ3v) is 4.15. The van der Waals surface area contributed by atoms with E-state index in [2.05, 4.69) is 10.6 Å². The SMILES string of the molecule is Nc1ccccc1C(=O)Nc1ccc2c(c1)NC(=O)CS2. The predicted octanol–water partition coefficient (Wildman–Crippen LogP) is 2.57. The number of amides is 2. The van der Waals surface area contributed by atoms with Crippen LogP contribution in [0.5, 0.6) is 0 Å². The molecule has 1 aliphatic heterocycles. The Kier molecular flexibility index (Phi) is 3.53. The van der Waals surface area contributed by atoms with Gasteiger partial charge in [0, 0.05) is 16.3 Å². The van der Waals surface area contributed by atoms with Crippen LogP contribution in [0.3, 0.4) is 0 Å². The number of hydrogen-bond acceptors (Lipinski definition) is 4. The first-order chi connectivity index (χ1) is 10.1. The quantitative estimate of drug-likeness (QED) is 0.744. The molecular weight excluding hydrogens is 286 g/mol. The monoisotopic (exact) mass is 299 g/mol. The number of benzene rings is 2. The van der Waals surface area contributed by atoms with Crippen molar-refractivity contribution in [2.24, 2.45) is 0 Å². The van der Waals surface area contributed by atoms with E-state index in [9.17, 15) is 9.59 Å². The number of fused-ring (bicyclic) bond motifs is 1. The van der Waals surface area contributed by atoms with Gasteiger partial charge in [-0.1, -0.05) is 12.1 Å². The second kappa shape index (κ2) is 5.49. The number of hydrogen-bond donors (Lipinski definition) is 3. The summed E-state index contributed by atoms with van der Waals surface area (Å²) in [6.07, 6.45) is 0. The summed E-state index contributed by atoms with van der Waals surface area (Å²) in [6, 6.07) is 12.3. The van der Waals surface area contributed by atoms with Crippen molar-refractivity contribution in [3.63, 3.8) is 0 Å². The number of nitrogens with two attached hydrogens (primary N) is 1. The average molecular weight is 299 g/mol. The molecule has 1 heterocycles. The highest BCUT2D eigenvalue weighted by Crippen LogP contribution is 2.33. The summed E-state index contributed by atoms with van der Waals surface area (Å²) in [5.74, 6) is 0.102. The third-order valence-electron chi connectivity index (χ3n) is 3.08. The molecule has 0 bridgehead atoms. The fourth-order valence-electron chi connectivity index (χ4n) is 2.06. The van der Waals surface area contributed by atoms with Gasteiger partial charge in [-0.05, 0) is 30.3 Å². The number of thioether (sulfide) groups is 1. The van der Waals surface area contributed by atoms with Crippen molar-refractivity contribution in [3.8, 4) is 0 Å². The van der Waals surface area contributed by atoms with Crippen LogP contribution in [0.15, 0.2) is 47.4 Å². The number of nitrogens with one attached hydrogen (secondary N) is 2. The predicted molar refractivity (Wildman–Crippen MR) is 84.6 cm³/mol. The van der Waals surface area contributed by atoms with Crippen molar-refractivity contribution in [2.45, 2.75) is 4.90 Å². The summed E-state index contributed by atoms with van der Waals surface area (Å²) in [5, 5.41) is 5.57. The highest BCUT2D eigenvalue weighted by Gasteiger charge is 2.16. The Morgan fingerprint density at radius 1 is 1.24 bits per heavy atom. The molecule has 0 aromatic heterocycles. The van der Waals surface area contributed by atoms with Crippen LogP contribution in [0, 0.1) is 0 Å². The third kappa shape index (κ3) is 2.85.